The first kappa shape index (κ1) is 33.5. The summed E-state index contributed by atoms with van der Waals surface area (Å²) in [5.74, 6) is -0.601. The summed E-state index contributed by atoms with van der Waals surface area (Å²) in [6.07, 6.45) is -9.41. The van der Waals surface area contributed by atoms with Gasteiger partial charge in [-0.2, -0.15) is 17.6 Å². The predicted molar refractivity (Wildman–Crippen MR) is 142 cm³/mol. The van der Waals surface area contributed by atoms with Crippen LogP contribution in [0.5, 0.6) is 11.5 Å². The van der Waals surface area contributed by atoms with Crippen LogP contribution >= 0.6 is 0 Å². The molecule has 1 saturated heterocycles. The molecule has 1 N–H and O–H groups in total. The van der Waals surface area contributed by atoms with E-state index >= 15 is 0 Å². The molecule has 0 saturated carbocycles. The highest BCUT2D eigenvalue weighted by atomic mass is 19.4. The average Bonchev–Trinajstić information content (AvgIpc) is 3.72. The van der Waals surface area contributed by atoms with E-state index in [2.05, 4.69) is 28.3 Å². The lowest BCUT2D eigenvalue weighted by Crippen LogP contribution is -2.33. The SMILES string of the molecule is C=C/C(=C\C(=C/C)C1COc2c(cccc2-c2cccc(OC(F)(F)F)c2)N1)OC(F)(F)C(F)F.CC.CC1CO1. The quantitative estimate of drug-likeness (QED) is 0.144. The number of benzene rings is 2. The molecule has 0 amide bonds. The van der Waals surface area contributed by atoms with E-state index in [0.29, 0.717) is 34.2 Å². The zero-order valence-corrected chi connectivity index (χ0v) is 22.9. The molecule has 2 aromatic carbocycles. The molecule has 2 heterocycles. The lowest BCUT2D eigenvalue weighted by molar-refractivity contribution is -0.279. The van der Waals surface area contributed by atoms with Crippen LogP contribution < -0.4 is 14.8 Å². The highest BCUT2D eigenvalue weighted by Crippen LogP contribution is 2.41. The number of para-hydroxylation sites is 1. The molecular weight excluding hydrogens is 559 g/mol. The number of hydrogen-bond donors (Lipinski definition) is 1. The Labute approximate surface area is 234 Å². The molecule has 2 aliphatic heterocycles. The number of nitrogens with one attached hydrogen (secondary N) is 1. The van der Waals surface area contributed by atoms with Crippen molar-refractivity contribution in [3.05, 3.63) is 78.6 Å². The Balaban J connectivity index is 0.000000882. The van der Waals surface area contributed by atoms with E-state index in [9.17, 15) is 30.7 Å². The zero-order chi connectivity index (χ0) is 30.8. The molecule has 0 spiro atoms. The molecule has 1 fully saturated rings. The van der Waals surface area contributed by atoms with Gasteiger partial charge in [0.15, 0.2) is 0 Å². The first-order chi connectivity index (χ1) is 19.3. The van der Waals surface area contributed by atoms with E-state index in [1.807, 2.05) is 13.8 Å². The second kappa shape index (κ2) is 14.8. The van der Waals surface area contributed by atoms with Crippen molar-refractivity contribution in [1.82, 2.24) is 0 Å². The van der Waals surface area contributed by atoms with Crippen LogP contribution in [0.2, 0.25) is 0 Å². The first-order valence-electron chi connectivity index (χ1n) is 12.7. The summed E-state index contributed by atoms with van der Waals surface area (Å²) < 4.78 is 108. The highest BCUT2D eigenvalue weighted by Gasteiger charge is 2.44. The topological polar surface area (TPSA) is 52.2 Å². The number of rotatable bonds is 8. The van der Waals surface area contributed by atoms with Gasteiger partial charge in [-0.15, -0.1) is 13.2 Å². The van der Waals surface area contributed by atoms with Gasteiger partial charge in [0.25, 0.3) is 0 Å². The number of alkyl halides is 7. The Morgan fingerprint density at radius 3 is 2.24 bits per heavy atom. The van der Waals surface area contributed by atoms with Crippen molar-refractivity contribution < 1.29 is 49.7 Å². The van der Waals surface area contributed by atoms with Crippen LogP contribution in [0.4, 0.5) is 36.4 Å². The van der Waals surface area contributed by atoms with Crippen LogP contribution in [-0.2, 0) is 9.47 Å². The second-order valence-corrected chi connectivity index (χ2v) is 8.41. The fourth-order valence-electron chi connectivity index (χ4n) is 3.45. The molecule has 2 aliphatic rings. The van der Waals surface area contributed by atoms with E-state index in [4.69, 9.17) is 9.47 Å². The number of hydrogen-bond acceptors (Lipinski definition) is 5. The molecule has 4 rings (SSSR count). The fourth-order valence-corrected chi connectivity index (χ4v) is 3.45. The maximum absolute atomic E-state index is 13.3. The van der Waals surface area contributed by atoms with E-state index < -0.39 is 36.4 Å². The summed E-state index contributed by atoms with van der Waals surface area (Å²) in [5.41, 5.74) is 1.77. The molecule has 0 aromatic heterocycles. The van der Waals surface area contributed by atoms with Gasteiger partial charge in [-0.3, -0.25) is 0 Å². The molecule has 41 heavy (non-hydrogen) atoms. The van der Waals surface area contributed by atoms with Gasteiger partial charge in [0.1, 0.15) is 23.9 Å². The normalized spacial score (nSPS) is 18.3. The van der Waals surface area contributed by atoms with E-state index in [0.717, 1.165) is 18.8 Å². The molecule has 2 atom stereocenters. The van der Waals surface area contributed by atoms with E-state index in [-0.39, 0.29) is 6.61 Å². The lowest BCUT2D eigenvalue weighted by Gasteiger charge is -2.30. The van der Waals surface area contributed by atoms with Crippen LogP contribution in [0.15, 0.2) is 78.6 Å². The molecule has 0 aliphatic carbocycles. The Morgan fingerprint density at radius 2 is 1.71 bits per heavy atom. The third kappa shape index (κ3) is 10.3. The third-order valence-corrected chi connectivity index (χ3v) is 5.37. The van der Waals surface area contributed by atoms with Crippen molar-refractivity contribution in [2.24, 2.45) is 0 Å². The van der Waals surface area contributed by atoms with Crippen molar-refractivity contribution in [2.45, 2.75) is 58.7 Å². The lowest BCUT2D eigenvalue weighted by atomic mass is 10.00. The maximum Gasteiger partial charge on any atom is 0.573 e. The monoisotopic (exact) mass is 591 g/mol. The van der Waals surface area contributed by atoms with Crippen molar-refractivity contribution in [1.29, 1.82) is 0 Å². The number of allylic oxidation sites excluding steroid dienone is 2. The summed E-state index contributed by atoms with van der Waals surface area (Å²) >= 11 is 0. The maximum atomic E-state index is 13.3. The Morgan fingerprint density at radius 1 is 1.07 bits per heavy atom. The number of epoxide rings is 1. The van der Waals surface area contributed by atoms with Gasteiger partial charge in [0, 0.05) is 5.56 Å². The van der Waals surface area contributed by atoms with Crippen LogP contribution in [0, 0.1) is 0 Å². The standard InChI is InChI=1S/C24H20F7NO3.C3H6O.C2H6/c1-3-14(11-16(4-2)34-23(27,28)22(25)26)20-13-33-21-18(9-6-10-19(21)32-20)15-7-5-8-17(12-15)35-24(29,30)31;1-3-2-4-3;1-2/h3-12,20,22,32H,2,13H2,1H3;3H,2H2,1H3;1-2H3/b14-3+,16-11+;;. The molecule has 5 nitrogen and oxygen atoms in total. The van der Waals surface area contributed by atoms with Gasteiger partial charge in [-0.05, 0) is 55.3 Å². The summed E-state index contributed by atoms with van der Waals surface area (Å²) in [6.45, 7) is 12.0. The Bertz CT molecular complexity index is 1210. The number of anilines is 1. The van der Waals surface area contributed by atoms with E-state index in [1.165, 1.54) is 18.2 Å². The van der Waals surface area contributed by atoms with Crippen LogP contribution in [0.25, 0.3) is 11.1 Å². The molecule has 0 bridgehead atoms. The van der Waals surface area contributed by atoms with E-state index in [1.54, 1.807) is 37.3 Å². The minimum absolute atomic E-state index is 0.00537. The smallest absolute Gasteiger partial charge is 0.488 e. The number of halogens is 7. The molecular formula is C29H32F7NO4. The summed E-state index contributed by atoms with van der Waals surface area (Å²) in [5, 5.41) is 3.15. The molecule has 0 radical (unpaired) electrons. The Kier molecular flexibility index (Phi) is 12.1. The van der Waals surface area contributed by atoms with Gasteiger partial charge < -0.3 is 24.3 Å². The second-order valence-electron chi connectivity index (χ2n) is 8.41. The van der Waals surface area contributed by atoms with Crippen LogP contribution in [-0.4, -0.2) is 44.3 Å². The fraction of sp³-hybridized carbons (Fsp3) is 0.379. The summed E-state index contributed by atoms with van der Waals surface area (Å²) in [6, 6.07) is 9.76. The van der Waals surface area contributed by atoms with Gasteiger partial charge in [-0.1, -0.05) is 50.8 Å². The molecule has 2 aromatic rings. The minimum atomic E-state index is -4.84. The minimum Gasteiger partial charge on any atom is -0.488 e. The van der Waals surface area contributed by atoms with Gasteiger partial charge in [-0.25, -0.2) is 0 Å². The van der Waals surface area contributed by atoms with Gasteiger partial charge >= 0.3 is 18.9 Å². The molecule has 2 unspecified atom stereocenters. The van der Waals surface area contributed by atoms with Crippen molar-refractivity contribution in [3.8, 4) is 22.6 Å². The van der Waals surface area contributed by atoms with Crippen molar-refractivity contribution in [2.75, 3.05) is 18.5 Å². The van der Waals surface area contributed by atoms with Gasteiger partial charge in [0.05, 0.1) is 24.4 Å². The summed E-state index contributed by atoms with van der Waals surface area (Å²) in [7, 11) is 0. The van der Waals surface area contributed by atoms with Crippen molar-refractivity contribution in [3.63, 3.8) is 0 Å². The predicted octanol–water partition coefficient (Wildman–Crippen LogP) is 8.75. The molecule has 12 heteroatoms. The van der Waals surface area contributed by atoms with Crippen LogP contribution in [0.3, 0.4) is 0 Å². The highest BCUT2D eigenvalue weighted by molar-refractivity contribution is 5.80. The average molecular weight is 592 g/mol. The zero-order valence-electron chi connectivity index (χ0n) is 22.9. The van der Waals surface area contributed by atoms with Gasteiger partial charge in [0.2, 0.25) is 0 Å². The van der Waals surface area contributed by atoms with Crippen LogP contribution in [0.1, 0.15) is 27.7 Å². The first-order valence-corrected chi connectivity index (χ1v) is 12.7. The van der Waals surface area contributed by atoms with Crippen molar-refractivity contribution >= 4 is 5.69 Å². The third-order valence-electron chi connectivity index (χ3n) is 5.37. The summed E-state index contributed by atoms with van der Waals surface area (Å²) in [4.78, 5) is 0. The number of fused-ring (bicyclic) bond motifs is 1. The molecule has 226 valence electrons. The number of ether oxygens (including phenoxy) is 4. The largest absolute Gasteiger partial charge is 0.573 e. The Hall–Kier alpha value is -3.67.